The summed E-state index contributed by atoms with van der Waals surface area (Å²) in [5, 5.41) is 4.47. The summed E-state index contributed by atoms with van der Waals surface area (Å²) in [7, 11) is 4.20. The lowest BCUT2D eigenvalue weighted by Crippen LogP contribution is -2.22. The van der Waals surface area contributed by atoms with Crippen molar-refractivity contribution in [1.29, 1.82) is 0 Å². The van der Waals surface area contributed by atoms with E-state index in [2.05, 4.69) is 10.6 Å². The molecule has 0 fully saturated rings. The molecule has 0 heterocycles. The fraction of sp³-hybridized carbons (Fsp3) is 0.235. The van der Waals surface area contributed by atoms with Crippen molar-refractivity contribution in [3.63, 3.8) is 0 Å². The van der Waals surface area contributed by atoms with Crippen molar-refractivity contribution >= 4 is 29.0 Å². The number of hydrogen-bond acceptors (Lipinski definition) is 4. The van der Waals surface area contributed by atoms with E-state index in [0.29, 0.717) is 5.75 Å². The van der Waals surface area contributed by atoms with Crippen molar-refractivity contribution in [1.82, 2.24) is 0 Å². The van der Waals surface area contributed by atoms with Crippen LogP contribution in [0.4, 0.5) is 29.3 Å². The summed E-state index contributed by atoms with van der Waals surface area (Å²) >= 11 is 5.62. The summed E-state index contributed by atoms with van der Waals surface area (Å²) in [6, 6.07) is 5.03. The summed E-state index contributed by atoms with van der Waals surface area (Å²) in [6.45, 7) is 0. The summed E-state index contributed by atoms with van der Waals surface area (Å²) in [4.78, 5) is 12.2. The quantitative estimate of drug-likeness (QED) is 0.733. The Kier molecular flexibility index (Phi) is 6.27. The van der Waals surface area contributed by atoms with Crippen LogP contribution in [0.1, 0.15) is 5.56 Å². The molecule has 2 aromatic rings. The smallest absolute Gasteiger partial charge is 0.418 e. The van der Waals surface area contributed by atoms with E-state index in [1.165, 1.54) is 39.5 Å². The SMILES string of the molecule is COc1cc(NC(=O)Nc2ccc(Cl)cc2C(F)(F)F)cc(OC)c1OC. The topological polar surface area (TPSA) is 68.8 Å². The zero-order valence-electron chi connectivity index (χ0n) is 14.5. The van der Waals surface area contributed by atoms with E-state index in [-0.39, 0.29) is 22.2 Å². The number of urea groups is 1. The molecule has 0 aliphatic rings. The number of methoxy groups -OCH3 is 3. The number of halogens is 4. The maximum Gasteiger partial charge on any atom is 0.418 e. The Morgan fingerprint density at radius 1 is 0.963 bits per heavy atom. The predicted octanol–water partition coefficient (Wildman–Crippen LogP) is 5.03. The normalized spacial score (nSPS) is 10.9. The molecular formula is C17H16ClF3N2O4. The Balaban J connectivity index is 2.27. The Hall–Kier alpha value is -2.81. The Bertz CT molecular complexity index is 818. The molecule has 0 saturated heterocycles. The van der Waals surface area contributed by atoms with E-state index in [1.54, 1.807) is 0 Å². The van der Waals surface area contributed by atoms with Gasteiger partial charge in [0.1, 0.15) is 0 Å². The molecule has 0 aliphatic heterocycles. The molecule has 6 nitrogen and oxygen atoms in total. The number of ether oxygens (including phenoxy) is 3. The molecule has 2 N–H and O–H groups in total. The number of carbonyl (C=O) groups excluding carboxylic acids is 1. The van der Waals surface area contributed by atoms with Gasteiger partial charge in [-0.05, 0) is 18.2 Å². The van der Waals surface area contributed by atoms with Crippen LogP contribution >= 0.6 is 11.6 Å². The number of nitrogens with one attached hydrogen (secondary N) is 2. The van der Waals surface area contributed by atoms with Crippen LogP contribution in [-0.4, -0.2) is 27.4 Å². The second-order valence-corrected chi connectivity index (χ2v) is 5.62. The van der Waals surface area contributed by atoms with E-state index in [4.69, 9.17) is 25.8 Å². The number of rotatable bonds is 5. The largest absolute Gasteiger partial charge is 0.493 e. The minimum absolute atomic E-state index is 0.0992. The van der Waals surface area contributed by atoms with Crippen LogP contribution in [0.5, 0.6) is 17.2 Å². The van der Waals surface area contributed by atoms with Crippen molar-refractivity contribution in [2.24, 2.45) is 0 Å². The molecule has 0 atom stereocenters. The lowest BCUT2D eigenvalue weighted by atomic mass is 10.1. The van der Waals surface area contributed by atoms with Crippen LogP contribution in [-0.2, 0) is 6.18 Å². The average molecular weight is 405 g/mol. The van der Waals surface area contributed by atoms with E-state index >= 15 is 0 Å². The number of benzene rings is 2. The van der Waals surface area contributed by atoms with Gasteiger partial charge in [0, 0.05) is 17.2 Å². The third-order valence-electron chi connectivity index (χ3n) is 3.46. The maximum atomic E-state index is 13.1. The monoisotopic (exact) mass is 404 g/mol. The highest BCUT2D eigenvalue weighted by Crippen LogP contribution is 2.40. The molecule has 2 amide bonds. The van der Waals surface area contributed by atoms with Gasteiger partial charge in [-0.3, -0.25) is 0 Å². The highest BCUT2D eigenvalue weighted by Gasteiger charge is 2.34. The number of carbonyl (C=O) groups is 1. The fourth-order valence-corrected chi connectivity index (χ4v) is 2.47. The first-order chi connectivity index (χ1) is 12.7. The van der Waals surface area contributed by atoms with Crippen LogP contribution in [0, 0.1) is 0 Å². The third-order valence-corrected chi connectivity index (χ3v) is 3.69. The number of hydrogen-bond donors (Lipinski definition) is 2. The fourth-order valence-electron chi connectivity index (χ4n) is 2.30. The predicted molar refractivity (Wildman–Crippen MR) is 95.2 cm³/mol. The number of amides is 2. The Labute approximate surface area is 158 Å². The molecule has 27 heavy (non-hydrogen) atoms. The van der Waals surface area contributed by atoms with Crippen molar-refractivity contribution in [3.8, 4) is 17.2 Å². The molecule has 0 spiro atoms. The van der Waals surface area contributed by atoms with Crippen molar-refractivity contribution in [2.75, 3.05) is 32.0 Å². The van der Waals surface area contributed by atoms with Gasteiger partial charge in [-0.15, -0.1) is 0 Å². The maximum absolute atomic E-state index is 13.1. The van der Waals surface area contributed by atoms with Crippen LogP contribution in [0.25, 0.3) is 0 Å². The van der Waals surface area contributed by atoms with Gasteiger partial charge in [-0.2, -0.15) is 13.2 Å². The van der Waals surface area contributed by atoms with Crippen LogP contribution in [0.2, 0.25) is 5.02 Å². The van der Waals surface area contributed by atoms with Crippen LogP contribution < -0.4 is 24.8 Å². The summed E-state index contributed by atoms with van der Waals surface area (Å²) < 4.78 is 54.8. The molecule has 0 aromatic heterocycles. The number of anilines is 2. The molecular weight excluding hydrogens is 389 g/mol. The zero-order valence-corrected chi connectivity index (χ0v) is 15.3. The van der Waals surface area contributed by atoms with Crippen LogP contribution in [0.3, 0.4) is 0 Å². The first kappa shape index (κ1) is 20.5. The summed E-state index contributed by atoms with van der Waals surface area (Å²) in [5.74, 6) is 0.854. The molecule has 0 unspecified atom stereocenters. The molecule has 146 valence electrons. The molecule has 2 aromatic carbocycles. The molecule has 10 heteroatoms. The molecule has 2 rings (SSSR count). The van der Waals surface area contributed by atoms with Gasteiger partial charge in [-0.1, -0.05) is 11.6 Å². The van der Waals surface area contributed by atoms with Gasteiger partial charge in [0.05, 0.1) is 38.3 Å². The molecule has 0 radical (unpaired) electrons. The highest BCUT2D eigenvalue weighted by atomic mass is 35.5. The first-order valence-corrected chi connectivity index (χ1v) is 7.82. The van der Waals surface area contributed by atoms with Gasteiger partial charge < -0.3 is 24.8 Å². The van der Waals surface area contributed by atoms with Gasteiger partial charge in [0.2, 0.25) is 5.75 Å². The second-order valence-electron chi connectivity index (χ2n) is 5.18. The van der Waals surface area contributed by atoms with Crippen molar-refractivity contribution in [3.05, 3.63) is 40.9 Å². The van der Waals surface area contributed by atoms with Gasteiger partial charge >= 0.3 is 12.2 Å². The number of alkyl halides is 3. The van der Waals surface area contributed by atoms with E-state index in [9.17, 15) is 18.0 Å². The lowest BCUT2D eigenvalue weighted by Gasteiger charge is -2.16. The van der Waals surface area contributed by atoms with Gasteiger partial charge in [-0.25, -0.2) is 4.79 Å². The van der Waals surface area contributed by atoms with E-state index in [0.717, 1.165) is 12.1 Å². The van der Waals surface area contributed by atoms with Crippen LogP contribution in [0.15, 0.2) is 30.3 Å². The Morgan fingerprint density at radius 3 is 2.04 bits per heavy atom. The summed E-state index contributed by atoms with van der Waals surface area (Å²) in [6.07, 6.45) is -4.68. The highest BCUT2D eigenvalue weighted by molar-refractivity contribution is 6.30. The first-order valence-electron chi connectivity index (χ1n) is 7.44. The van der Waals surface area contributed by atoms with Gasteiger partial charge in [0.15, 0.2) is 11.5 Å². The van der Waals surface area contributed by atoms with Crippen molar-refractivity contribution in [2.45, 2.75) is 6.18 Å². The standard InChI is InChI=1S/C17H16ClF3N2O4/c1-25-13-7-10(8-14(26-2)15(13)27-3)22-16(24)23-12-5-4-9(18)6-11(12)17(19,20)21/h4-8H,1-3H3,(H2,22,23,24). The lowest BCUT2D eigenvalue weighted by molar-refractivity contribution is -0.136. The molecule has 0 bridgehead atoms. The minimum Gasteiger partial charge on any atom is -0.493 e. The van der Waals surface area contributed by atoms with E-state index in [1.807, 2.05) is 0 Å². The average Bonchev–Trinajstić information content (AvgIpc) is 2.61. The Morgan fingerprint density at radius 2 is 1.56 bits per heavy atom. The second kappa shape index (κ2) is 8.26. The van der Waals surface area contributed by atoms with Gasteiger partial charge in [0.25, 0.3) is 0 Å². The van der Waals surface area contributed by atoms with E-state index < -0.39 is 23.5 Å². The molecule has 0 aliphatic carbocycles. The van der Waals surface area contributed by atoms with Crippen molar-refractivity contribution < 1.29 is 32.2 Å². The molecule has 0 saturated carbocycles. The third kappa shape index (κ3) is 4.88. The minimum atomic E-state index is -4.68. The zero-order chi connectivity index (χ0) is 20.2. The summed E-state index contributed by atoms with van der Waals surface area (Å²) in [5.41, 5.74) is -1.27.